The molecule has 2 heterocycles. The Labute approximate surface area is 201 Å². The molecule has 1 saturated heterocycles. The SMILES string of the molecule is COc1ccc2sc(N(CCCN3CCOCC3)C(=O)C=Cc3ccc([N+](=O)[O-])cc3)nc2c1. The average molecular weight is 483 g/mol. The second kappa shape index (κ2) is 11.2. The molecular formula is C24H26N4O5S. The molecule has 4 rings (SSSR count). The molecule has 0 atom stereocenters. The highest BCUT2D eigenvalue weighted by molar-refractivity contribution is 7.22. The zero-order valence-electron chi connectivity index (χ0n) is 18.9. The fourth-order valence-corrected chi connectivity index (χ4v) is 4.66. The number of non-ortho nitro benzene ring substituents is 1. The molecule has 0 unspecified atom stereocenters. The molecule has 0 saturated carbocycles. The second-order valence-corrected chi connectivity index (χ2v) is 8.82. The van der Waals surface area contributed by atoms with Crippen molar-refractivity contribution in [3.05, 3.63) is 64.2 Å². The molecule has 0 N–H and O–H groups in total. The zero-order valence-corrected chi connectivity index (χ0v) is 19.7. The van der Waals surface area contributed by atoms with E-state index < -0.39 is 4.92 Å². The molecular weight excluding hydrogens is 456 g/mol. The number of aromatic nitrogens is 1. The summed E-state index contributed by atoms with van der Waals surface area (Å²) in [6, 6.07) is 11.8. The Morgan fingerprint density at radius 1 is 1.26 bits per heavy atom. The van der Waals surface area contributed by atoms with Crippen LogP contribution in [0.2, 0.25) is 0 Å². The average Bonchev–Trinajstić information content (AvgIpc) is 3.29. The van der Waals surface area contributed by atoms with Crippen LogP contribution in [0.25, 0.3) is 16.3 Å². The molecule has 10 heteroatoms. The smallest absolute Gasteiger partial charge is 0.269 e. The number of amides is 1. The van der Waals surface area contributed by atoms with Crippen LogP contribution in [0.4, 0.5) is 10.8 Å². The number of hydrogen-bond acceptors (Lipinski definition) is 8. The molecule has 0 bridgehead atoms. The number of benzene rings is 2. The summed E-state index contributed by atoms with van der Waals surface area (Å²) in [6.45, 7) is 4.67. The van der Waals surface area contributed by atoms with Crippen LogP contribution in [0.3, 0.4) is 0 Å². The number of carbonyl (C=O) groups is 1. The van der Waals surface area contributed by atoms with E-state index in [0.717, 1.165) is 49.5 Å². The van der Waals surface area contributed by atoms with Gasteiger partial charge in [-0.1, -0.05) is 11.3 Å². The lowest BCUT2D eigenvalue weighted by atomic mass is 10.2. The van der Waals surface area contributed by atoms with Crippen molar-refractivity contribution >= 4 is 44.4 Å². The van der Waals surface area contributed by atoms with Gasteiger partial charge in [0.1, 0.15) is 5.75 Å². The first-order chi connectivity index (χ1) is 16.5. The molecule has 9 nitrogen and oxygen atoms in total. The minimum absolute atomic E-state index is 0.0121. The Balaban J connectivity index is 1.52. The highest BCUT2D eigenvalue weighted by atomic mass is 32.1. The van der Waals surface area contributed by atoms with Crippen molar-refractivity contribution in [2.75, 3.05) is 51.4 Å². The summed E-state index contributed by atoms with van der Waals surface area (Å²) in [5.74, 6) is 0.527. The number of hydrogen-bond donors (Lipinski definition) is 0. The minimum Gasteiger partial charge on any atom is -0.497 e. The van der Waals surface area contributed by atoms with Gasteiger partial charge in [-0.2, -0.15) is 0 Å². The summed E-state index contributed by atoms with van der Waals surface area (Å²) in [4.78, 5) is 32.3. The molecule has 1 fully saturated rings. The number of nitrogens with zero attached hydrogens (tertiary/aromatic N) is 4. The first kappa shape index (κ1) is 23.8. The molecule has 178 valence electrons. The monoisotopic (exact) mass is 482 g/mol. The second-order valence-electron chi connectivity index (χ2n) is 7.81. The molecule has 0 spiro atoms. The molecule has 2 aromatic carbocycles. The van der Waals surface area contributed by atoms with Gasteiger partial charge in [-0.25, -0.2) is 4.98 Å². The van der Waals surface area contributed by atoms with Gasteiger partial charge in [0.15, 0.2) is 5.13 Å². The largest absolute Gasteiger partial charge is 0.497 e. The van der Waals surface area contributed by atoms with Crippen molar-refractivity contribution in [2.24, 2.45) is 0 Å². The van der Waals surface area contributed by atoms with Gasteiger partial charge < -0.3 is 9.47 Å². The van der Waals surface area contributed by atoms with Gasteiger partial charge in [-0.3, -0.25) is 24.7 Å². The summed E-state index contributed by atoms with van der Waals surface area (Å²) in [7, 11) is 1.61. The van der Waals surface area contributed by atoms with E-state index in [-0.39, 0.29) is 11.6 Å². The Bertz CT molecular complexity index is 1170. The molecule has 0 aliphatic carbocycles. The third-order valence-corrected chi connectivity index (χ3v) is 6.62. The summed E-state index contributed by atoms with van der Waals surface area (Å²) < 4.78 is 11.7. The standard InChI is InChI=1S/C24H26N4O5S/c1-32-20-8-9-22-21(17-20)25-24(34-22)27(12-2-11-26-13-15-33-16-14-26)23(29)10-5-18-3-6-19(7-4-18)28(30)31/h3-10,17H,2,11-16H2,1H3. The van der Waals surface area contributed by atoms with Crippen LogP contribution in [0.1, 0.15) is 12.0 Å². The van der Waals surface area contributed by atoms with Gasteiger partial charge in [-0.15, -0.1) is 0 Å². The van der Waals surface area contributed by atoms with E-state index in [4.69, 9.17) is 14.5 Å². The van der Waals surface area contributed by atoms with Gasteiger partial charge in [0.2, 0.25) is 0 Å². The van der Waals surface area contributed by atoms with Gasteiger partial charge in [0.25, 0.3) is 11.6 Å². The molecule has 3 aromatic rings. The minimum atomic E-state index is -0.447. The maximum Gasteiger partial charge on any atom is 0.269 e. The van der Waals surface area contributed by atoms with Gasteiger partial charge in [0, 0.05) is 50.5 Å². The number of nitro benzene ring substituents is 1. The third kappa shape index (κ3) is 5.96. The van der Waals surface area contributed by atoms with Crippen LogP contribution in [0.15, 0.2) is 48.5 Å². The van der Waals surface area contributed by atoms with Crippen LogP contribution >= 0.6 is 11.3 Å². The third-order valence-electron chi connectivity index (χ3n) is 5.56. The van der Waals surface area contributed by atoms with Crippen molar-refractivity contribution < 1.29 is 19.2 Å². The number of fused-ring (bicyclic) bond motifs is 1. The van der Waals surface area contributed by atoms with Crippen molar-refractivity contribution in [1.82, 2.24) is 9.88 Å². The Kier molecular flexibility index (Phi) is 7.84. The molecule has 1 aliphatic heterocycles. The molecule has 1 aromatic heterocycles. The normalized spacial score (nSPS) is 14.5. The number of morpholine rings is 1. The number of carbonyl (C=O) groups excluding carboxylic acids is 1. The molecule has 1 amide bonds. The van der Waals surface area contributed by atoms with Crippen molar-refractivity contribution in [2.45, 2.75) is 6.42 Å². The molecule has 0 radical (unpaired) electrons. The lowest BCUT2D eigenvalue weighted by molar-refractivity contribution is -0.384. The first-order valence-electron chi connectivity index (χ1n) is 11.0. The van der Waals surface area contributed by atoms with Crippen LogP contribution in [0.5, 0.6) is 5.75 Å². The fraction of sp³-hybridized carbons (Fsp3) is 0.333. The van der Waals surface area contributed by atoms with Crippen molar-refractivity contribution in [1.29, 1.82) is 0 Å². The van der Waals surface area contributed by atoms with Crippen LogP contribution in [-0.4, -0.2) is 67.2 Å². The highest BCUT2D eigenvalue weighted by Gasteiger charge is 2.19. The van der Waals surface area contributed by atoms with E-state index in [0.29, 0.717) is 23.0 Å². The number of ether oxygens (including phenoxy) is 2. The molecule has 1 aliphatic rings. The summed E-state index contributed by atoms with van der Waals surface area (Å²) in [5.41, 5.74) is 1.50. The van der Waals surface area contributed by atoms with Crippen molar-refractivity contribution in [3.63, 3.8) is 0 Å². The van der Waals surface area contributed by atoms with E-state index in [2.05, 4.69) is 4.90 Å². The highest BCUT2D eigenvalue weighted by Crippen LogP contribution is 2.31. The number of rotatable bonds is 9. The van der Waals surface area contributed by atoms with Gasteiger partial charge in [0.05, 0.1) is 35.5 Å². The Morgan fingerprint density at radius 2 is 2.03 bits per heavy atom. The van der Waals surface area contributed by atoms with E-state index in [9.17, 15) is 14.9 Å². The summed E-state index contributed by atoms with van der Waals surface area (Å²) in [6.07, 6.45) is 3.95. The number of anilines is 1. The quantitative estimate of drug-likeness (QED) is 0.258. The summed E-state index contributed by atoms with van der Waals surface area (Å²) in [5, 5.41) is 11.5. The zero-order chi connectivity index (χ0) is 23.9. The number of thiazole rings is 1. The number of methoxy groups -OCH3 is 1. The van der Waals surface area contributed by atoms with Crippen LogP contribution < -0.4 is 9.64 Å². The number of nitro groups is 1. The van der Waals surface area contributed by atoms with Crippen LogP contribution in [0, 0.1) is 10.1 Å². The van der Waals surface area contributed by atoms with Crippen molar-refractivity contribution in [3.8, 4) is 5.75 Å². The predicted octanol–water partition coefficient (Wildman–Crippen LogP) is 3.98. The van der Waals surface area contributed by atoms with Gasteiger partial charge >= 0.3 is 0 Å². The Hall–Kier alpha value is -3.34. The maximum absolute atomic E-state index is 13.2. The lowest BCUT2D eigenvalue weighted by Gasteiger charge is -2.27. The molecule has 34 heavy (non-hydrogen) atoms. The van der Waals surface area contributed by atoms with Gasteiger partial charge in [-0.05, 0) is 42.3 Å². The van der Waals surface area contributed by atoms with E-state index >= 15 is 0 Å². The fourth-order valence-electron chi connectivity index (χ4n) is 3.68. The lowest BCUT2D eigenvalue weighted by Crippen LogP contribution is -2.39. The van der Waals surface area contributed by atoms with E-state index in [1.807, 2.05) is 18.2 Å². The van der Waals surface area contributed by atoms with Crippen LogP contribution in [-0.2, 0) is 9.53 Å². The van der Waals surface area contributed by atoms with E-state index in [1.54, 1.807) is 30.2 Å². The maximum atomic E-state index is 13.2. The topological polar surface area (TPSA) is 98.0 Å². The first-order valence-corrected chi connectivity index (χ1v) is 11.8. The predicted molar refractivity (Wildman–Crippen MR) is 133 cm³/mol. The Morgan fingerprint density at radius 3 is 2.74 bits per heavy atom. The summed E-state index contributed by atoms with van der Waals surface area (Å²) >= 11 is 1.46. The van der Waals surface area contributed by atoms with E-state index in [1.165, 1.54) is 29.5 Å².